The molecule has 0 aromatic carbocycles. The van der Waals surface area contributed by atoms with E-state index >= 15 is 0 Å². The lowest BCUT2D eigenvalue weighted by molar-refractivity contribution is -0.143. The number of allylic oxidation sites excluding steroid dienone is 2. The van der Waals surface area contributed by atoms with Gasteiger partial charge in [0.2, 0.25) is 5.91 Å². The largest absolute Gasteiger partial charge is 0.466 e. The molecule has 0 aliphatic heterocycles. The van der Waals surface area contributed by atoms with E-state index in [0.717, 1.165) is 44.9 Å². The number of aliphatic hydroxyl groups excluding tert-OH is 2. The standard InChI is InChI=1S/C54H105NO5/c1-3-5-7-9-11-13-27-32-36-40-44-48-54(59)60-49-45-41-37-33-29-26-24-22-20-18-16-14-15-17-19-21-23-25-28-31-35-39-43-47-53(58)55-51(50-56)52(57)46-42-38-34-30-12-10-8-6-4-2/h9,11,51-52,56-57H,3-8,10,12-50H2,1-2H3,(H,55,58)/b11-9-. The van der Waals surface area contributed by atoms with Crippen LogP contribution in [0.1, 0.15) is 296 Å². The summed E-state index contributed by atoms with van der Waals surface area (Å²) in [5.74, 6) is -0.0331. The van der Waals surface area contributed by atoms with Gasteiger partial charge in [0, 0.05) is 12.8 Å². The number of carbonyl (C=O) groups is 2. The first kappa shape index (κ1) is 58.6. The van der Waals surface area contributed by atoms with Crippen LogP contribution in [-0.2, 0) is 14.3 Å². The number of hydrogen-bond donors (Lipinski definition) is 3. The van der Waals surface area contributed by atoms with Gasteiger partial charge in [-0.1, -0.05) is 251 Å². The first-order chi connectivity index (χ1) is 29.5. The Bertz CT molecular complexity index is 893. The Morgan fingerprint density at radius 2 is 0.800 bits per heavy atom. The lowest BCUT2D eigenvalue weighted by Gasteiger charge is -2.22. The van der Waals surface area contributed by atoms with Gasteiger partial charge in [-0.25, -0.2) is 0 Å². The molecule has 0 bridgehead atoms. The zero-order valence-electron chi connectivity index (χ0n) is 40.5. The Hall–Kier alpha value is -1.40. The Morgan fingerprint density at radius 1 is 0.450 bits per heavy atom. The van der Waals surface area contributed by atoms with E-state index in [-0.39, 0.29) is 18.5 Å². The van der Waals surface area contributed by atoms with Crippen LogP contribution < -0.4 is 5.32 Å². The lowest BCUT2D eigenvalue weighted by Crippen LogP contribution is -2.45. The van der Waals surface area contributed by atoms with Crippen molar-refractivity contribution in [1.82, 2.24) is 5.32 Å². The van der Waals surface area contributed by atoms with Crippen molar-refractivity contribution in [3.8, 4) is 0 Å². The van der Waals surface area contributed by atoms with Crippen molar-refractivity contribution in [3.63, 3.8) is 0 Å². The highest BCUT2D eigenvalue weighted by atomic mass is 16.5. The molecule has 356 valence electrons. The fourth-order valence-electron chi connectivity index (χ4n) is 8.39. The van der Waals surface area contributed by atoms with Crippen molar-refractivity contribution in [2.45, 2.75) is 309 Å². The SMILES string of the molecule is CCCC/C=C\CCCCCCCC(=O)OCCCCCCCCCCCCCCCCCCCCCCCCCC(=O)NC(CO)C(O)CCCCCCCCCCC. The number of ether oxygens (including phenoxy) is 1. The predicted octanol–water partition coefficient (Wildman–Crippen LogP) is 16.1. The summed E-state index contributed by atoms with van der Waals surface area (Å²) in [6.07, 6.45) is 57.8. The molecule has 0 aliphatic rings. The van der Waals surface area contributed by atoms with Crippen LogP contribution in [0.5, 0.6) is 0 Å². The third-order valence-electron chi connectivity index (χ3n) is 12.6. The second kappa shape index (κ2) is 50.2. The van der Waals surface area contributed by atoms with Gasteiger partial charge in [0.25, 0.3) is 0 Å². The van der Waals surface area contributed by atoms with Crippen molar-refractivity contribution in [1.29, 1.82) is 0 Å². The van der Waals surface area contributed by atoms with E-state index < -0.39 is 12.1 Å². The molecule has 1 amide bonds. The van der Waals surface area contributed by atoms with Gasteiger partial charge < -0.3 is 20.3 Å². The van der Waals surface area contributed by atoms with Crippen LogP contribution in [0, 0.1) is 0 Å². The van der Waals surface area contributed by atoms with Crippen molar-refractivity contribution < 1.29 is 24.5 Å². The summed E-state index contributed by atoms with van der Waals surface area (Å²) in [6.45, 7) is 4.90. The minimum Gasteiger partial charge on any atom is -0.466 e. The third-order valence-corrected chi connectivity index (χ3v) is 12.6. The van der Waals surface area contributed by atoms with Gasteiger partial charge in [0.15, 0.2) is 0 Å². The Labute approximate surface area is 374 Å². The molecule has 60 heavy (non-hydrogen) atoms. The number of carbonyl (C=O) groups excluding carboxylic acids is 2. The maximum Gasteiger partial charge on any atom is 0.305 e. The Balaban J connectivity index is 3.34. The van der Waals surface area contributed by atoms with E-state index in [4.69, 9.17) is 4.74 Å². The minimum atomic E-state index is -0.660. The third kappa shape index (κ3) is 46.1. The van der Waals surface area contributed by atoms with Crippen molar-refractivity contribution in [2.75, 3.05) is 13.2 Å². The van der Waals surface area contributed by atoms with Gasteiger partial charge in [-0.15, -0.1) is 0 Å². The van der Waals surface area contributed by atoms with Crippen LogP contribution in [0.15, 0.2) is 12.2 Å². The summed E-state index contributed by atoms with van der Waals surface area (Å²) in [7, 11) is 0. The van der Waals surface area contributed by atoms with Crippen LogP contribution in [0.3, 0.4) is 0 Å². The minimum absolute atomic E-state index is 0.00322. The summed E-state index contributed by atoms with van der Waals surface area (Å²) in [6, 6.07) is -0.538. The molecular formula is C54H105NO5. The second-order valence-corrected chi connectivity index (χ2v) is 18.6. The van der Waals surface area contributed by atoms with Crippen LogP contribution >= 0.6 is 0 Å². The van der Waals surface area contributed by atoms with E-state index in [0.29, 0.717) is 25.9 Å². The fraction of sp³-hybridized carbons (Fsp3) is 0.926. The van der Waals surface area contributed by atoms with Crippen LogP contribution in [0.4, 0.5) is 0 Å². The van der Waals surface area contributed by atoms with Crippen LogP contribution in [0.2, 0.25) is 0 Å². The molecule has 0 rings (SSSR count). The number of aliphatic hydroxyl groups is 2. The molecular weight excluding hydrogens is 743 g/mol. The highest BCUT2D eigenvalue weighted by molar-refractivity contribution is 5.76. The maximum atomic E-state index is 12.4. The molecule has 0 aliphatic carbocycles. The van der Waals surface area contributed by atoms with Gasteiger partial charge in [0.05, 0.1) is 25.4 Å². The molecule has 2 atom stereocenters. The van der Waals surface area contributed by atoms with Gasteiger partial charge in [-0.3, -0.25) is 9.59 Å². The first-order valence-electron chi connectivity index (χ1n) is 26.9. The first-order valence-corrected chi connectivity index (χ1v) is 26.9. The average molecular weight is 848 g/mol. The highest BCUT2D eigenvalue weighted by Gasteiger charge is 2.20. The van der Waals surface area contributed by atoms with Gasteiger partial charge in [-0.05, 0) is 44.9 Å². The van der Waals surface area contributed by atoms with E-state index in [1.165, 1.54) is 218 Å². The number of esters is 1. The molecule has 6 nitrogen and oxygen atoms in total. The molecule has 0 saturated carbocycles. The summed E-state index contributed by atoms with van der Waals surface area (Å²) >= 11 is 0. The zero-order chi connectivity index (χ0) is 43.7. The summed E-state index contributed by atoms with van der Waals surface area (Å²) in [4.78, 5) is 24.4. The van der Waals surface area contributed by atoms with Crippen LogP contribution in [0.25, 0.3) is 0 Å². The number of nitrogens with one attached hydrogen (secondary N) is 1. The van der Waals surface area contributed by atoms with E-state index in [2.05, 4.69) is 31.3 Å². The molecule has 0 fully saturated rings. The van der Waals surface area contributed by atoms with E-state index in [1.54, 1.807) is 0 Å². The quantitative estimate of drug-likeness (QED) is 0.0322. The summed E-state index contributed by atoms with van der Waals surface area (Å²) in [5, 5.41) is 23.1. The summed E-state index contributed by atoms with van der Waals surface area (Å²) in [5.41, 5.74) is 0. The van der Waals surface area contributed by atoms with Crippen molar-refractivity contribution >= 4 is 11.9 Å². The molecule has 0 radical (unpaired) electrons. The number of hydrogen-bond acceptors (Lipinski definition) is 5. The number of rotatable bonds is 50. The zero-order valence-corrected chi connectivity index (χ0v) is 40.5. The highest BCUT2D eigenvalue weighted by Crippen LogP contribution is 2.17. The van der Waals surface area contributed by atoms with Crippen molar-refractivity contribution in [2.24, 2.45) is 0 Å². The number of unbranched alkanes of at least 4 members (excludes halogenated alkanes) is 37. The molecule has 0 aromatic rings. The Kier molecular flexibility index (Phi) is 49.1. The number of amides is 1. The molecule has 0 heterocycles. The molecule has 6 heteroatoms. The normalized spacial score (nSPS) is 12.7. The molecule has 2 unspecified atom stereocenters. The van der Waals surface area contributed by atoms with E-state index in [1.807, 2.05) is 0 Å². The van der Waals surface area contributed by atoms with Gasteiger partial charge in [0.1, 0.15) is 0 Å². The second-order valence-electron chi connectivity index (χ2n) is 18.6. The molecule has 3 N–H and O–H groups in total. The Morgan fingerprint density at radius 3 is 1.23 bits per heavy atom. The summed E-state index contributed by atoms with van der Waals surface area (Å²) < 4.78 is 5.45. The van der Waals surface area contributed by atoms with Gasteiger partial charge in [-0.2, -0.15) is 0 Å². The van der Waals surface area contributed by atoms with Crippen molar-refractivity contribution in [3.05, 3.63) is 12.2 Å². The molecule has 0 saturated heterocycles. The lowest BCUT2D eigenvalue weighted by atomic mass is 10.0. The van der Waals surface area contributed by atoms with Crippen LogP contribution in [-0.4, -0.2) is 47.4 Å². The predicted molar refractivity (Wildman–Crippen MR) is 260 cm³/mol. The topological polar surface area (TPSA) is 95.9 Å². The van der Waals surface area contributed by atoms with E-state index in [9.17, 15) is 19.8 Å². The van der Waals surface area contributed by atoms with Gasteiger partial charge >= 0.3 is 5.97 Å². The maximum absolute atomic E-state index is 12.4. The smallest absolute Gasteiger partial charge is 0.305 e. The molecule has 0 spiro atoms. The average Bonchev–Trinajstić information content (AvgIpc) is 3.25. The molecule has 0 aromatic heterocycles. The monoisotopic (exact) mass is 848 g/mol. The fourth-order valence-corrected chi connectivity index (χ4v) is 8.39.